The van der Waals surface area contributed by atoms with Crippen molar-refractivity contribution < 1.29 is 9.53 Å². The van der Waals surface area contributed by atoms with Crippen LogP contribution in [0.3, 0.4) is 0 Å². The van der Waals surface area contributed by atoms with Crippen molar-refractivity contribution in [2.24, 2.45) is 0 Å². The van der Waals surface area contributed by atoms with Crippen molar-refractivity contribution >= 4 is 22.0 Å². The SMILES string of the molecule is O=C(NCc1ccccc1)Oc1ccc(Br)cc1. The Morgan fingerprint density at radius 1 is 1.06 bits per heavy atom. The Bertz CT molecular complexity index is 511. The van der Waals surface area contributed by atoms with E-state index in [-0.39, 0.29) is 0 Å². The number of hydrogen-bond donors (Lipinski definition) is 1. The molecule has 0 saturated carbocycles. The molecule has 0 aliphatic heterocycles. The average molecular weight is 306 g/mol. The molecule has 0 saturated heterocycles. The van der Waals surface area contributed by atoms with Gasteiger partial charge >= 0.3 is 6.09 Å². The summed E-state index contributed by atoms with van der Waals surface area (Å²) in [4.78, 5) is 11.5. The minimum absolute atomic E-state index is 0.455. The highest BCUT2D eigenvalue weighted by Crippen LogP contribution is 2.16. The molecule has 4 heteroatoms. The first kappa shape index (κ1) is 12.6. The van der Waals surface area contributed by atoms with E-state index in [0.717, 1.165) is 10.0 Å². The summed E-state index contributed by atoms with van der Waals surface area (Å²) in [6.45, 7) is 0.455. The van der Waals surface area contributed by atoms with Crippen molar-refractivity contribution in [3.8, 4) is 5.75 Å². The fourth-order valence-electron chi connectivity index (χ4n) is 1.42. The van der Waals surface area contributed by atoms with E-state index in [1.54, 1.807) is 12.1 Å². The van der Waals surface area contributed by atoms with Crippen molar-refractivity contribution in [2.45, 2.75) is 6.54 Å². The molecule has 2 aromatic carbocycles. The summed E-state index contributed by atoms with van der Waals surface area (Å²) in [7, 11) is 0. The standard InChI is InChI=1S/C14H12BrNO2/c15-12-6-8-13(9-7-12)18-14(17)16-10-11-4-2-1-3-5-11/h1-9H,10H2,(H,16,17). The number of ether oxygens (including phenoxy) is 1. The van der Waals surface area contributed by atoms with Crippen molar-refractivity contribution in [1.29, 1.82) is 0 Å². The minimum Gasteiger partial charge on any atom is -0.410 e. The molecule has 2 aromatic rings. The van der Waals surface area contributed by atoms with Gasteiger partial charge in [0.2, 0.25) is 0 Å². The van der Waals surface area contributed by atoms with E-state index in [1.807, 2.05) is 42.5 Å². The lowest BCUT2D eigenvalue weighted by molar-refractivity contribution is 0.200. The number of carbonyl (C=O) groups excluding carboxylic acids is 1. The number of carbonyl (C=O) groups is 1. The van der Waals surface area contributed by atoms with Crippen LogP contribution in [-0.2, 0) is 6.54 Å². The lowest BCUT2D eigenvalue weighted by Crippen LogP contribution is -2.26. The van der Waals surface area contributed by atoms with Crippen LogP contribution >= 0.6 is 15.9 Å². The Morgan fingerprint density at radius 2 is 1.72 bits per heavy atom. The zero-order valence-corrected chi connectivity index (χ0v) is 11.2. The topological polar surface area (TPSA) is 38.3 Å². The van der Waals surface area contributed by atoms with Crippen molar-refractivity contribution in [3.05, 3.63) is 64.6 Å². The molecule has 0 aliphatic rings. The quantitative estimate of drug-likeness (QED) is 0.938. The summed E-state index contributed by atoms with van der Waals surface area (Å²) >= 11 is 3.32. The van der Waals surface area contributed by atoms with Crippen LogP contribution in [0.4, 0.5) is 4.79 Å². The predicted molar refractivity (Wildman–Crippen MR) is 73.4 cm³/mol. The van der Waals surface area contributed by atoms with E-state index in [9.17, 15) is 4.79 Å². The molecular formula is C14H12BrNO2. The third kappa shape index (κ3) is 3.89. The van der Waals surface area contributed by atoms with E-state index < -0.39 is 6.09 Å². The summed E-state index contributed by atoms with van der Waals surface area (Å²) in [5.41, 5.74) is 1.03. The molecule has 0 atom stereocenters. The summed E-state index contributed by atoms with van der Waals surface area (Å²) in [6, 6.07) is 16.8. The van der Waals surface area contributed by atoms with Crippen LogP contribution < -0.4 is 10.1 Å². The molecule has 0 bridgehead atoms. The summed E-state index contributed by atoms with van der Waals surface area (Å²) in [5.74, 6) is 0.517. The normalized spacial score (nSPS) is 9.83. The van der Waals surface area contributed by atoms with E-state index >= 15 is 0 Å². The predicted octanol–water partition coefficient (Wildman–Crippen LogP) is 3.74. The molecule has 0 aromatic heterocycles. The zero-order valence-electron chi connectivity index (χ0n) is 9.60. The monoisotopic (exact) mass is 305 g/mol. The first-order chi connectivity index (χ1) is 8.74. The van der Waals surface area contributed by atoms with Crippen LogP contribution in [-0.4, -0.2) is 6.09 Å². The molecule has 0 radical (unpaired) electrons. The van der Waals surface area contributed by atoms with Gasteiger partial charge in [0, 0.05) is 11.0 Å². The van der Waals surface area contributed by atoms with Gasteiger partial charge in [0.1, 0.15) is 5.75 Å². The number of hydrogen-bond acceptors (Lipinski definition) is 2. The first-order valence-electron chi connectivity index (χ1n) is 5.49. The molecule has 1 N–H and O–H groups in total. The van der Waals surface area contributed by atoms with Crippen molar-refractivity contribution in [2.75, 3.05) is 0 Å². The van der Waals surface area contributed by atoms with Gasteiger partial charge in [-0.15, -0.1) is 0 Å². The van der Waals surface area contributed by atoms with E-state index in [4.69, 9.17) is 4.74 Å². The van der Waals surface area contributed by atoms with Gasteiger partial charge in [0.25, 0.3) is 0 Å². The molecule has 92 valence electrons. The highest BCUT2D eigenvalue weighted by Gasteiger charge is 2.03. The maximum absolute atomic E-state index is 11.5. The van der Waals surface area contributed by atoms with Gasteiger partial charge in [-0.05, 0) is 29.8 Å². The van der Waals surface area contributed by atoms with E-state index in [1.165, 1.54) is 0 Å². The third-order valence-corrected chi connectivity index (χ3v) is 2.83. The molecule has 0 aliphatic carbocycles. The average Bonchev–Trinajstić information content (AvgIpc) is 2.40. The molecule has 1 amide bonds. The molecule has 0 spiro atoms. The Kier molecular flexibility index (Phi) is 4.36. The fourth-order valence-corrected chi connectivity index (χ4v) is 1.68. The van der Waals surface area contributed by atoms with Crippen LogP contribution in [0.1, 0.15) is 5.56 Å². The van der Waals surface area contributed by atoms with Crippen molar-refractivity contribution in [3.63, 3.8) is 0 Å². The Hall–Kier alpha value is -1.81. The minimum atomic E-state index is -0.457. The van der Waals surface area contributed by atoms with Gasteiger partial charge in [-0.2, -0.15) is 0 Å². The Balaban J connectivity index is 1.84. The smallest absolute Gasteiger partial charge is 0.410 e. The van der Waals surface area contributed by atoms with Gasteiger partial charge < -0.3 is 10.1 Å². The Morgan fingerprint density at radius 3 is 2.39 bits per heavy atom. The summed E-state index contributed by atoms with van der Waals surface area (Å²) < 4.78 is 6.06. The first-order valence-corrected chi connectivity index (χ1v) is 6.28. The molecule has 0 fully saturated rings. The fraction of sp³-hybridized carbons (Fsp3) is 0.0714. The second kappa shape index (κ2) is 6.21. The molecule has 0 heterocycles. The number of amides is 1. The van der Waals surface area contributed by atoms with Crippen LogP contribution in [0.25, 0.3) is 0 Å². The van der Waals surface area contributed by atoms with Crippen LogP contribution in [0.5, 0.6) is 5.75 Å². The van der Waals surface area contributed by atoms with Crippen LogP contribution in [0.15, 0.2) is 59.1 Å². The summed E-state index contributed by atoms with van der Waals surface area (Å²) in [5, 5.41) is 2.69. The second-order valence-electron chi connectivity index (χ2n) is 3.68. The maximum atomic E-state index is 11.5. The highest BCUT2D eigenvalue weighted by molar-refractivity contribution is 9.10. The lowest BCUT2D eigenvalue weighted by atomic mass is 10.2. The van der Waals surface area contributed by atoms with Crippen LogP contribution in [0.2, 0.25) is 0 Å². The molecule has 0 unspecified atom stereocenters. The number of rotatable bonds is 3. The summed E-state index contributed by atoms with van der Waals surface area (Å²) in [6.07, 6.45) is -0.457. The number of halogens is 1. The van der Waals surface area contributed by atoms with Gasteiger partial charge in [0.15, 0.2) is 0 Å². The van der Waals surface area contributed by atoms with Gasteiger partial charge in [0.05, 0.1) is 0 Å². The van der Waals surface area contributed by atoms with Gasteiger partial charge in [-0.1, -0.05) is 46.3 Å². The van der Waals surface area contributed by atoms with E-state index in [2.05, 4.69) is 21.2 Å². The zero-order chi connectivity index (χ0) is 12.8. The third-order valence-electron chi connectivity index (χ3n) is 2.30. The molecular weight excluding hydrogens is 294 g/mol. The van der Waals surface area contributed by atoms with Gasteiger partial charge in [-0.25, -0.2) is 4.79 Å². The largest absolute Gasteiger partial charge is 0.412 e. The lowest BCUT2D eigenvalue weighted by Gasteiger charge is -2.06. The van der Waals surface area contributed by atoms with Gasteiger partial charge in [-0.3, -0.25) is 0 Å². The molecule has 18 heavy (non-hydrogen) atoms. The molecule has 3 nitrogen and oxygen atoms in total. The Labute approximate surface area is 114 Å². The van der Waals surface area contributed by atoms with E-state index in [0.29, 0.717) is 12.3 Å². The van der Waals surface area contributed by atoms with Crippen LogP contribution in [0, 0.1) is 0 Å². The number of nitrogens with one attached hydrogen (secondary N) is 1. The highest BCUT2D eigenvalue weighted by atomic mass is 79.9. The molecule has 2 rings (SSSR count). The number of benzene rings is 2. The maximum Gasteiger partial charge on any atom is 0.412 e. The van der Waals surface area contributed by atoms with Crippen molar-refractivity contribution in [1.82, 2.24) is 5.32 Å². The second-order valence-corrected chi connectivity index (χ2v) is 4.60.